The molecule has 0 spiro atoms. The zero-order valence-electron chi connectivity index (χ0n) is 9.90. The molecule has 0 aromatic carbocycles. The van der Waals surface area contributed by atoms with Crippen molar-refractivity contribution in [1.29, 1.82) is 0 Å². The summed E-state index contributed by atoms with van der Waals surface area (Å²) in [4.78, 5) is 40.1. The molecule has 0 amide bonds. The molecule has 0 radical (unpaired) electrons. The van der Waals surface area contributed by atoms with Gasteiger partial charge in [-0.15, -0.1) is 0 Å². The van der Waals surface area contributed by atoms with Crippen LogP contribution in [0.4, 0.5) is 0 Å². The van der Waals surface area contributed by atoms with Gasteiger partial charge >= 0.3 is 21.0 Å². The summed E-state index contributed by atoms with van der Waals surface area (Å²) in [5, 5.41) is 0. The minimum atomic E-state index is -0.0625. The molecular weight excluding hydrogens is 251 g/mol. The quantitative estimate of drug-likeness (QED) is 0.709. The van der Waals surface area contributed by atoms with Gasteiger partial charge in [-0.25, -0.2) is 0 Å². The zero-order valence-corrected chi connectivity index (χ0v) is 11.3. The van der Waals surface area contributed by atoms with E-state index < -0.39 is 0 Å². The molecule has 16 heavy (non-hydrogen) atoms. The van der Waals surface area contributed by atoms with Crippen molar-refractivity contribution < 1.29 is 40.2 Å². The van der Waals surface area contributed by atoms with E-state index >= 15 is 0 Å². The molecule has 0 atom stereocenters. The third-order valence-electron chi connectivity index (χ3n) is 0.996. The molecule has 0 rings (SSSR count). The maximum atomic E-state index is 10.0. The first kappa shape index (κ1) is 20.5. The van der Waals surface area contributed by atoms with Gasteiger partial charge in [0.2, 0.25) is 0 Å². The second-order valence-electron chi connectivity index (χ2n) is 3.16. The van der Waals surface area contributed by atoms with E-state index in [-0.39, 0.29) is 36.0 Å². The Morgan fingerprint density at radius 3 is 0.750 bits per heavy atom. The van der Waals surface area contributed by atoms with Crippen LogP contribution in [-0.2, 0) is 40.2 Å². The van der Waals surface area contributed by atoms with E-state index in [4.69, 9.17) is 3.67 Å². The van der Waals surface area contributed by atoms with Crippen molar-refractivity contribution in [1.82, 2.24) is 0 Å². The molecular formula is C10H16O5V. The summed E-state index contributed by atoms with van der Waals surface area (Å²) in [6, 6.07) is 0. The number of carbonyl (C=O) groups excluding carboxylic acids is 4. The van der Waals surface area contributed by atoms with Gasteiger partial charge < -0.3 is 0 Å². The van der Waals surface area contributed by atoms with Crippen LogP contribution in [0.15, 0.2) is 0 Å². The summed E-state index contributed by atoms with van der Waals surface area (Å²) >= 11 is 1.06. The fourth-order valence-corrected chi connectivity index (χ4v) is 0.701. The van der Waals surface area contributed by atoms with Gasteiger partial charge in [-0.1, -0.05) is 0 Å². The summed E-state index contributed by atoms with van der Waals surface area (Å²) < 4.78 is 8.19. The Kier molecular flexibility index (Phi) is 18.0. The minimum absolute atomic E-state index is 0.0625. The number of carbonyl (C=O) groups is 4. The van der Waals surface area contributed by atoms with Crippen LogP contribution < -0.4 is 0 Å². The fraction of sp³-hybridized carbons (Fsp3) is 0.600. The van der Waals surface area contributed by atoms with E-state index in [1.165, 1.54) is 27.7 Å². The number of rotatable bonds is 4. The zero-order chi connectivity index (χ0) is 13.7. The monoisotopic (exact) mass is 267 g/mol. The van der Waals surface area contributed by atoms with E-state index in [1.54, 1.807) is 0 Å². The summed E-state index contributed by atoms with van der Waals surface area (Å²) in [5.41, 5.74) is 0. The van der Waals surface area contributed by atoms with Crippen molar-refractivity contribution in [3.05, 3.63) is 0 Å². The normalized spacial score (nSPS) is 7.44. The number of hydrogen-bond donors (Lipinski definition) is 0. The summed E-state index contributed by atoms with van der Waals surface area (Å²) in [6.45, 7) is 5.62. The first-order valence-corrected chi connectivity index (χ1v) is 4.98. The van der Waals surface area contributed by atoms with Gasteiger partial charge in [0.1, 0.15) is 23.1 Å². The van der Waals surface area contributed by atoms with Crippen LogP contribution in [0.3, 0.4) is 0 Å². The molecule has 0 aromatic rings. The fourth-order valence-electron chi connectivity index (χ4n) is 0.701. The van der Waals surface area contributed by atoms with Crippen molar-refractivity contribution in [2.45, 2.75) is 40.5 Å². The van der Waals surface area contributed by atoms with Crippen LogP contribution >= 0.6 is 0 Å². The average molecular weight is 267 g/mol. The van der Waals surface area contributed by atoms with Crippen molar-refractivity contribution in [2.24, 2.45) is 0 Å². The standard InChI is InChI=1S/2C5H8O2.O.V/c2*1-4(6)3-5(2)7;;/h2*3H2,1-2H3;;. The van der Waals surface area contributed by atoms with Gasteiger partial charge in [-0.05, 0) is 27.7 Å². The van der Waals surface area contributed by atoms with E-state index in [2.05, 4.69) is 0 Å². The molecule has 0 aliphatic heterocycles. The Bertz CT molecular complexity index is 210. The topological polar surface area (TPSA) is 85.3 Å². The predicted octanol–water partition coefficient (Wildman–Crippen LogP) is 0.988. The van der Waals surface area contributed by atoms with Gasteiger partial charge in [-0.2, -0.15) is 0 Å². The number of ketones is 4. The molecule has 0 aromatic heterocycles. The van der Waals surface area contributed by atoms with E-state index in [0.717, 1.165) is 17.4 Å². The molecule has 0 N–H and O–H groups in total. The average Bonchev–Trinajstić information content (AvgIpc) is 2.03. The molecule has 0 bridgehead atoms. The van der Waals surface area contributed by atoms with Crippen LogP contribution in [0.5, 0.6) is 0 Å². The van der Waals surface area contributed by atoms with Crippen LogP contribution in [-0.4, -0.2) is 23.1 Å². The molecule has 5 nitrogen and oxygen atoms in total. The Hall–Kier alpha value is -0.936. The Morgan fingerprint density at radius 2 is 0.750 bits per heavy atom. The second kappa shape index (κ2) is 14.1. The summed E-state index contributed by atoms with van der Waals surface area (Å²) in [5.74, 6) is -0.250. The van der Waals surface area contributed by atoms with Crippen LogP contribution in [0.1, 0.15) is 40.5 Å². The first-order chi connectivity index (χ1) is 7.25. The van der Waals surface area contributed by atoms with Gasteiger partial charge in [0, 0.05) is 0 Å². The molecule has 0 aliphatic carbocycles. The molecule has 0 saturated heterocycles. The molecule has 0 fully saturated rings. The van der Waals surface area contributed by atoms with Crippen LogP contribution in [0.25, 0.3) is 0 Å². The Balaban J connectivity index is -0.000000183. The van der Waals surface area contributed by atoms with Crippen molar-refractivity contribution in [3.63, 3.8) is 0 Å². The van der Waals surface area contributed by atoms with Gasteiger partial charge in [0.25, 0.3) is 0 Å². The van der Waals surface area contributed by atoms with Crippen molar-refractivity contribution in [3.8, 4) is 0 Å². The van der Waals surface area contributed by atoms with Crippen molar-refractivity contribution in [2.75, 3.05) is 0 Å². The van der Waals surface area contributed by atoms with Crippen LogP contribution in [0.2, 0.25) is 0 Å². The van der Waals surface area contributed by atoms with Gasteiger partial charge in [0.05, 0.1) is 12.8 Å². The summed E-state index contributed by atoms with van der Waals surface area (Å²) in [7, 11) is 0. The molecule has 0 heterocycles. The summed E-state index contributed by atoms with van der Waals surface area (Å²) in [6.07, 6.45) is 0.167. The molecule has 0 aliphatic rings. The third kappa shape index (κ3) is 38.1. The predicted molar refractivity (Wildman–Crippen MR) is 52.6 cm³/mol. The Labute approximate surface area is 104 Å². The van der Waals surface area contributed by atoms with Crippen molar-refractivity contribution >= 4 is 23.1 Å². The Morgan fingerprint density at radius 1 is 0.625 bits per heavy atom. The molecule has 0 saturated carbocycles. The SMILES string of the molecule is CC(=O)CC(C)=O.CC(=O)CC(C)=O.[O]=[V]. The molecule has 6 heteroatoms. The van der Waals surface area contributed by atoms with E-state index in [0.29, 0.717) is 0 Å². The number of Topliss-reactive ketones (excluding diaryl/α,β-unsaturated/α-hetero) is 4. The molecule has 91 valence electrons. The second-order valence-corrected chi connectivity index (χ2v) is 3.16. The number of hydrogen-bond acceptors (Lipinski definition) is 5. The third-order valence-corrected chi connectivity index (χ3v) is 0.996. The first-order valence-electron chi connectivity index (χ1n) is 4.41. The van der Waals surface area contributed by atoms with E-state index in [1.807, 2.05) is 0 Å². The van der Waals surface area contributed by atoms with Gasteiger partial charge in [0.15, 0.2) is 0 Å². The molecule has 0 unspecified atom stereocenters. The van der Waals surface area contributed by atoms with Gasteiger partial charge in [-0.3, -0.25) is 19.2 Å². The maximum absolute atomic E-state index is 10.0. The van der Waals surface area contributed by atoms with Crippen LogP contribution in [0, 0.1) is 0 Å². The van der Waals surface area contributed by atoms with E-state index in [9.17, 15) is 19.2 Å².